The van der Waals surface area contributed by atoms with E-state index in [-0.39, 0.29) is 16.8 Å². The third-order valence-corrected chi connectivity index (χ3v) is 6.26. The van der Waals surface area contributed by atoms with Crippen molar-refractivity contribution in [3.63, 3.8) is 0 Å². The second kappa shape index (κ2) is 11.2. The topological polar surface area (TPSA) is 105 Å². The number of aliphatic carboxylic acids is 1. The van der Waals surface area contributed by atoms with E-state index in [0.717, 1.165) is 27.8 Å². The number of nitrogens with one attached hydrogen (secondary N) is 1. The van der Waals surface area contributed by atoms with Crippen LogP contribution < -0.4 is 14.8 Å². The van der Waals surface area contributed by atoms with Crippen LogP contribution in [0.2, 0.25) is 0 Å². The van der Waals surface area contributed by atoms with Crippen LogP contribution in [0.4, 0.5) is 5.69 Å². The van der Waals surface area contributed by atoms with Gasteiger partial charge in [-0.15, -0.1) is 0 Å². The third kappa shape index (κ3) is 6.36. The number of carbonyl (C=O) groups is 3. The fraction of sp³-hybridized carbons (Fsp3) is 0.250. The van der Waals surface area contributed by atoms with Gasteiger partial charge < -0.3 is 19.9 Å². The summed E-state index contributed by atoms with van der Waals surface area (Å²) in [5.74, 6) is -1.11. The lowest BCUT2D eigenvalue weighted by atomic mass is 10.1. The van der Waals surface area contributed by atoms with Gasteiger partial charge in [0.05, 0.1) is 11.5 Å². The van der Waals surface area contributed by atoms with Gasteiger partial charge in [-0.25, -0.2) is 0 Å². The Hall–Kier alpha value is -3.37. The van der Waals surface area contributed by atoms with Gasteiger partial charge in [-0.1, -0.05) is 36.1 Å². The van der Waals surface area contributed by atoms with Gasteiger partial charge in [0.25, 0.3) is 11.8 Å². The molecule has 0 unspecified atom stereocenters. The number of aryl methyl sites for hydroxylation is 2. The van der Waals surface area contributed by atoms with E-state index in [1.807, 2.05) is 39.0 Å². The molecule has 2 aromatic rings. The predicted molar refractivity (Wildman–Crippen MR) is 135 cm³/mol. The van der Waals surface area contributed by atoms with Gasteiger partial charge in [-0.3, -0.25) is 19.3 Å². The molecule has 8 nitrogen and oxygen atoms in total. The highest BCUT2D eigenvalue weighted by Crippen LogP contribution is 2.34. The molecule has 10 heteroatoms. The number of carbonyl (C=O) groups excluding carboxylic acids is 2. The lowest BCUT2D eigenvalue weighted by Crippen LogP contribution is -2.33. The van der Waals surface area contributed by atoms with Crippen molar-refractivity contribution in [2.75, 3.05) is 25.1 Å². The number of nitrogens with zero attached hydrogens (tertiary/aromatic N) is 1. The standard InChI is InChI=1S/C24H24N2O6S2/c1-4-31-19-10-16(11-20-23(30)26(12-22(28)29)24(33)34-20)6-8-18(19)32-13-21(27)25-17-7-5-14(2)15(3)9-17/h5-11H,4,12-13H2,1-3H3,(H,25,27)(H,28,29)/b20-11-. The number of carboxylic acid groups (broad SMARTS) is 1. The molecular formula is C24H24N2O6S2. The quantitative estimate of drug-likeness (QED) is 0.393. The molecule has 0 saturated carbocycles. The number of thioether (sulfide) groups is 1. The second-order valence-corrected chi connectivity index (χ2v) is 9.11. The highest BCUT2D eigenvalue weighted by Gasteiger charge is 2.33. The fourth-order valence-electron chi connectivity index (χ4n) is 3.08. The number of amides is 2. The van der Waals surface area contributed by atoms with Gasteiger partial charge in [0.1, 0.15) is 10.9 Å². The molecule has 1 heterocycles. The first-order valence-electron chi connectivity index (χ1n) is 10.4. The zero-order chi connectivity index (χ0) is 24.8. The largest absolute Gasteiger partial charge is 0.490 e. The minimum atomic E-state index is -1.14. The Morgan fingerprint density at radius 3 is 2.56 bits per heavy atom. The Morgan fingerprint density at radius 1 is 1.12 bits per heavy atom. The first kappa shape index (κ1) is 25.3. The number of rotatable bonds is 9. The molecule has 2 aromatic carbocycles. The first-order valence-corrected chi connectivity index (χ1v) is 11.6. The molecule has 0 atom stereocenters. The number of carboxylic acids is 1. The molecule has 1 aliphatic rings. The van der Waals surface area contributed by atoms with Gasteiger partial charge in [0.2, 0.25) is 0 Å². The summed E-state index contributed by atoms with van der Waals surface area (Å²) < 4.78 is 11.5. The number of anilines is 1. The second-order valence-electron chi connectivity index (χ2n) is 7.44. The summed E-state index contributed by atoms with van der Waals surface area (Å²) in [5, 5.41) is 11.8. The fourth-order valence-corrected chi connectivity index (χ4v) is 4.34. The summed E-state index contributed by atoms with van der Waals surface area (Å²) in [6, 6.07) is 10.7. The summed E-state index contributed by atoms with van der Waals surface area (Å²) in [4.78, 5) is 37.1. The number of hydrogen-bond acceptors (Lipinski definition) is 7. The summed E-state index contributed by atoms with van der Waals surface area (Å²) in [5.41, 5.74) is 3.55. The Balaban J connectivity index is 1.70. The van der Waals surface area contributed by atoms with Crippen LogP contribution in [0.3, 0.4) is 0 Å². The van der Waals surface area contributed by atoms with E-state index in [1.165, 1.54) is 0 Å². The minimum Gasteiger partial charge on any atom is -0.490 e. The molecule has 34 heavy (non-hydrogen) atoms. The number of ether oxygens (including phenoxy) is 2. The molecular weight excluding hydrogens is 476 g/mol. The molecule has 2 amide bonds. The maximum atomic E-state index is 12.5. The summed E-state index contributed by atoms with van der Waals surface area (Å²) >= 11 is 6.16. The van der Waals surface area contributed by atoms with E-state index in [1.54, 1.807) is 24.3 Å². The van der Waals surface area contributed by atoms with E-state index < -0.39 is 18.4 Å². The Morgan fingerprint density at radius 2 is 1.88 bits per heavy atom. The van der Waals surface area contributed by atoms with Crippen molar-refractivity contribution in [1.29, 1.82) is 0 Å². The highest BCUT2D eigenvalue weighted by molar-refractivity contribution is 8.26. The molecule has 0 radical (unpaired) electrons. The first-order chi connectivity index (χ1) is 16.2. The van der Waals surface area contributed by atoms with Crippen molar-refractivity contribution in [2.45, 2.75) is 20.8 Å². The molecule has 1 saturated heterocycles. The molecule has 0 bridgehead atoms. The third-order valence-electron chi connectivity index (χ3n) is 4.88. The van der Waals surface area contributed by atoms with Crippen LogP contribution in [0, 0.1) is 13.8 Å². The van der Waals surface area contributed by atoms with Crippen molar-refractivity contribution in [3.8, 4) is 11.5 Å². The summed E-state index contributed by atoms with van der Waals surface area (Å²) in [7, 11) is 0. The molecule has 178 valence electrons. The predicted octanol–water partition coefficient (Wildman–Crippen LogP) is 4.01. The summed E-state index contributed by atoms with van der Waals surface area (Å²) in [6.07, 6.45) is 1.61. The summed E-state index contributed by atoms with van der Waals surface area (Å²) in [6.45, 7) is 5.47. The zero-order valence-corrected chi connectivity index (χ0v) is 20.5. The molecule has 0 aliphatic carbocycles. The van der Waals surface area contributed by atoms with Crippen molar-refractivity contribution in [1.82, 2.24) is 4.90 Å². The lowest BCUT2D eigenvalue weighted by Gasteiger charge is -2.13. The number of thiocarbonyl (C=S) groups is 1. The molecule has 2 N–H and O–H groups in total. The van der Waals surface area contributed by atoms with Crippen LogP contribution in [0.5, 0.6) is 11.5 Å². The monoisotopic (exact) mass is 500 g/mol. The average Bonchev–Trinajstić information content (AvgIpc) is 3.03. The van der Waals surface area contributed by atoms with E-state index in [0.29, 0.717) is 34.3 Å². The van der Waals surface area contributed by atoms with Crippen LogP contribution in [-0.2, 0) is 14.4 Å². The van der Waals surface area contributed by atoms with Crippen molar-refractivity contribution in [2.24, 2.45) is 0 Å². The Kier molecular flexibility index (Phi) is 8.30. The molecule has 1 aliphatic heterocycles. The zero-order valence-electron chi connectivity index (χ0n) is 18.9. The number of benzene rings is 2. The normalized spacial score (nSPS) is 14.4. The highest BCUT2D eigenvalue weighted by atomic mass is 32.2. The average molecular weight is 501 g/mol. The Labute approximate surface area is 206 Å². The minimum absolute atomic E-state index is 0.193. The van der Waals surface area contributed by atoms with Crippen molar-refractivity contribution in [3.05, 3.63) is 58.0 Å². The van der Waals surface area contributed by atoms with Gasteiger partial charge in [-0.05, 0) is 67.8 Å². The Bertz CT molecular complexity index is 1180. The van der Waals surface area contributed by atoms with E-state index in [2.05, 4.69) is 5.32 Å². The maximum Gasteiger partial charge on any atom is 0.323 e. The molecule has 1 fully saturated rings. The lowest BCUT2D eigenvalue weighted by molar-refractivity contribution is -0.140. The van der Waals surface area contributed by atoms with Gasteiger partial charge in [0, 0.05) is 5.69 Å². The molecule has 3 rings (SSSR count). The van der Waals surface area contributed by atoms with E-state index >= 15 is 0 Å². The van der Waals surface area contributed by atoms with Gasteiger partial charge in [-0.2, -0.15) is 0 Å². The van der Waals surface area contributed by atoms with Crippen molar-refractivity contribution >= 4 is 57.8 Å². The van der Waals surface area contributed by atoms with Crippen LogP contribution in [0.25, 0.3) is 6.08 Å². The number of hydrogen-bond donors (Lipinski definition) is 2. The molecule has 0 aromatic heterocycles. The van der Waals surface area contributed by atoms with Gasteiger partial charge >= 0.3 is 5.97 Å². The van der Waals surface area contributed by atoms with Crippen LogP contribution in [0.1, 0.15) is 23.6 Å². The van der Waals surface area contributed by atoms with Crippen LogP contribution in [-0.4, -0.2) is 51.9 Å². The van der Waals surface area contributed by atoms with E-state index in [9.17, 15) is 14.4 Å². The van der Waals surface area contributed by atoms with Gasteiger partial charge in [0.15, 0.2) is 18.1 Å². The smallest absolute Gasteiger partial charge is 0.323 e. The molecule has 0 spiro atoms. The van der Waals surface area contributed by atoms with E-state index in [4.69, 9.17) is 26.8 Å². The van der Waals surface area contributed by atoms with Crippen molar-refractivity contribution < 1.29 is 29.0 Å². The SMILES string of the molecule is CCOc1cc(/C=C2\SC(=S)N(CC(=O)O)C2=O)ccc1OCC(=O)Nc1ccc(C)c(C)c1. The maximum absolute atomic E-state index is 12.5. The van der Waals surface area contributed by atoms with Crippen LogP contribution >= 0.6 is 24.0 Å². The van der Waals surface area contributed by atoms with Crippen LogP contribution in [0.15, 0.2) is 41.3 Å².